The number of guanidine groups is 1. The Labute approximate surface area is 157 Å². The second kappa shape index (κ2) is 8.35. The van der Waals surface area contributed by atoms with Gasteiger partial charge in [-0.05, 0) is 48.4 Å². The normalized spacial score (nSPS) is 15.7. The van der Waals surface area contributed by atoms with Gasteiger partial charge in [0.2, 0.25) is 11.9 Å². The van der Waals surface area contributed by atoms with Crippen LogP contribution in [0, 0.1) is 0 Å². The van der Waals surface area contributed by atoms with Gasteiger partial charge in [0.25, 0.3) is 5.91 Å². The van der Waals surface area contributed by atoms with Crippen molar-refractivity contribution >= 4 is 29.1 Å². The third-order valence-corrected chi connectivity index (χ3v) is 4.21. The lowest BCUT2D eigenvalue weighted by Gasteiger charge is -2.07. The molecular formula is C20H22N4O3. The Morgan fingerprint density at radius 2 is 1.78 bits per heavy atom. The van der Waals surface area contributed by atoms with Gasteiger partial charge in [-0.1, -0.05) is 19.1 Å². The number of ether oxygens (including phenoxy) is 1. The molecule has 2 aromatic rings. The number of amides is 2. The largest absolute Gasteiger partial charge is 0.497 e. The van der Waals surface area contributed by atoms with Crippen LogP contribution in [0.2, 0.25) is 0 Å². The molecule has 0 spiro atoms. The lowest BCUT2D eigenvalue weighted by molar-refractivity contribution is -0.123. The zero-order valence-electron chi connectivity index (χ0n) is 15.3. The van der Waals surface area contributed by atoms with Crippen molar-refractivity contribution in [1.82, 2.24) is 5.32 Å². The fourth-order valence-corrected chi connectivity index (χ4v) is 2.67. The van der Waals surface area contributed by atoms with Crippen molar-refractivity contribution in [2.75, 3.05) is 17.7 Å². The molecule has 0 saturated heterocycles. The monoisotopic (exact) mass is 366 g/mol. The van der Waals surface area contributed by atoms with Gasteiger partial charge in [0.1, 0.15) is 11.8 Å². The average Bonchev–Trinajstić information content (AvgIpc) is 3.01. The SMILES string of the molecule is CCc1ccc(NC2=NC(CC(=O)Nc3ccc(OC)cc3)C(=O)N2)cc1. The average molecular weight is 366 g/mol. The summed E-state index contributed by atoms with van der Waals surface area (Å²) >= 11 is 0. The Hall–Kier alpha value is -3.35. The van der Waals surface area contributed by atoms with Gasteiger partial charge in [0.05, 0.1) is 13.5 Å². The Morgan fingerprint density at radius 3 is 2.41 bits per heavy atom. The van der Waals surface area contributed by atoms with Crippen molar-refractivity contribution < 1.29 is 14.3 Å². The van der Waals surface area contributed by atoms with E-state index in [1.54, 1.807) is 31.4 Å². The molecule has 0 fully saturated rings. The molecule has 3 rings (SSSR count). The maximum atomic E-state index is 12.2. The van der Waals surface area contributed by atoms with Gasteiger partial charge in [-0.3, -0.25) is 14.9 Å². The van der Waals surface area contributed by atoms with E-state index < -0.39 is 6.04 Å². The van der Waals surface area contributed by atoms with E-state index in [9.17, 15) is 9.59 Å². The highest BCUT2D eigenvalue weighted by molar-refractivity contribution is 6.11. The molecular weight excluding hydrogens is 344 g/mol. The van der Waals surface area contributed by atoms with E-state index in [1.165, 1.54) is 5.56 Å². The predicted octanol–water partition coefficient (Wildman–Crippen LogP) is 2.55. The summed E-state index contributed by atoms with van der Waals surface area (Å²) in [5.41, 5.74) is 2.69. The smallest absolute Gasteiger partial charge is 0.252 e. The Bertz CT molecular complexity index is 845. The summed E-state index contributed by atoms with van der Waals surface area (Å²) in [7, 11) is 1.58. The molecule has 1 aliphatic heterocycles. The molecule has 27 heavy (non-hydrogen) atoms. The summed E-state index contributed by atoms with van der Waals surface area (Å²) in [6.45, 7) is 2.09. The van der Waals surface area contributed by atoms with Crippen LogP contribution in [-0.2, 0) is 16.0 Å². The molecule has 2 amide bonds. The molecule has 0 bridgehead atoms. The molecule has 140 valence electrons. The molecule has 7 nitrogen and oxygen atoms in total. The molecule has 0 radical (unpaired) electrons. The molecule has 7 heteroatoms. The summed E-state index contributed by atoms with van der Waals surface area (Å²) in [4.78, 5) is 28.6. The van der Waals surface area contributed by atoms with E-state index >= 15 is 0 Å². The van der Waals surface area contributed by atoms with E-state index in [-0.39, 0.29) is 18.2 Å². The van der Waals surface area contributed by atoms with Gasteiger partial charge in [-0.15, -0.1) is 0 Å². The molecule has 0 aliphatic carbocycles. The fraction of sp³-hybridized carbons (Fsp3) is 0.250. The number of nitrogens with zero attached hydrogens (tertiary/aromatic N) is 1. The number of hydrogen-bond acceptors (Lipinski definition) is 5. The summed E-state index contributed by atoms with van der Waals surface area (Å²) in [5.74, 6) is 0.479. The van der Waals surface area contributed by atoms with Gasteiger partial charge in [-0.2, -0.15) is 0 Å². The maximum Gasteiger partial charge on any atom is 0.252 e. The molecule has 1 atom stereocenters. The summed E-state index contributed by atoms with van der Waals surface area (Å²) in [5, 5.41) is 8.48. The first-order chi connectivity index (χ1) is 13.1. The highest BCUT2D eigenvalue weighted by atomic mass is 16.5. The number of hydrogen-bond donors (Lipinski definition) is 3. The van der Waals surface area contributed by atoms with Crippen molar-refractivity contribution in [2.24, 2.45) is 4.99 Å². The second-order valence-electron chi connectivity index (χ2n) is 6.14. The van der Waals surface area contributed by atoms with Crippen molar-refractivity contribution in [2.45, 2.75) is 25.8 Å². The Balaban J connectivity index is 1.57. The first-order valence-electron chi connectivity index (χ1n) is 8.76. The van der Waals surface area contributed by atoms with E-state index in [1.807, 2.05) is 24.3 Å². The molecule has 1 aliphatic rings. The first kappa shape index (κ1) is 18.4. The number of nitrogens with one attached hydrogen (secondary N) is 3. The van der Waals surface area contributed by atoms with Crippen molar-refractivity contribution in [3.8, 4) is 5.75 Å². The number of carbonyl (C=O) groups excluding carboxylic acids is 2. The summed E-state index contributed by atoms with van der Waals surface area (Å²) in [6.07, 6.45) is 0.932. The van der Waals surface area contributed by atoms with Crippen LogP contribution in [0.3, 0.4) is 0 Å². The molecule has 3 N–H and O–H groups in total. The molecule has 0 saturated carbocycles. The number of aliphatic imine (C=N–C) groups is 1. The Morgan fingerprint density at radius 1 is 1.11 bits per heavy atom. The van der Waals surface area contributed by atoms with E-state index in [0.29, 0.717) is 17.4 Å². The minimum Gasteiger partial charge on any atom is -0.497 e. The number of benzene rings is 2. The van der Waals surface area contributed by atoms with Gasteiger partial charge in [0, 0.05) is 11.4 Å². The topological polar surface area (TPSA) is 91.8 Å². The number of methoxy groups -OCH3 is 1. The first-order valence-corrected chi connectivity index (χ1v) is 8.76. The second-order valence-corrected chi connectivity index (χ2v) is 6.14. The number of anilines is 2. The maximum absolute atomic E-state index is 12.2. The summed E-state index contributed by atoms with van der Waals surface area (Å²) in [6, 6.07) is 14.1. The zero-order valence-corrected chi connectivity index (χ0v) is 15.3. The van der Waals surface area contributed by atoms with Gasteiger partial charge in [0.15, 0.2) is 0 Å². The predicted molar refractivity (Wildman–Crippen MR) is 105 cm³/mol. The van der Waals surface area contributed by atoms with Crippen molar-refractivity contribution in [3.63, 3.8) is 0 Å². The van der Waals surface area contributed by atoms with Crippen LogP contribution in [0.1, 0.15) is 18.9 Å². The Kier molecular flexibility index (Phi) is 5.71. The van der Waals surface area contributed by atoms with Crippen molar-refractivity contribution in [1.29, 1.82) is 0 Å². The molecule has 2 aromatic carbocycles. The van der Waals surface area contributed by atoms with E-state index in [0.717, 1.165) is 12.1 Å². The third kappa shape index (κ3) is 4.84. The van der Waals surface area contributed by atoms with Crippen LogP contribution in [0.4, 0.5) is 11.4 Å². The fourth-order valence-electron chi connectivity index (χ4n) is 2.67. The van der Waals surface area contributed by atoms with Gasteiger partial charge in [-0.25, -0.2) is 4.99 Å². The number of carbonyl (C=O) groups is 2. The molecule has 1 heterocycles. The van der Waals surface area contributed by atoms with Crippen LogP contribution in [0.25, 0.3) is 0 Å². The van der Waals surface area contributed by atoms with Gasteiger partial charge < -0.3 is 15.4 Å². The lowest BCUT2D eigenvalue weighted by Crippen LogP contribution is -2.33. The van der Waals surface area contributed by atoms with Crippen molar-refractivity contribution in [3.05, 3.63) is 54.1 Å². The number of rotatable bonds is 6. The molecule has 1 unspecified atom stereocenters. The van der Waals surface area contributed by atoms with E-state index in [4.69, 9.17) is 4.74 Å². The quantitative estimate of drug-likeness (QED) is 0.733. The van der Waals surface area contributed by atoms with Crippen LogP contribution in [0.5, 0.6) is 5.75 Å². The van der Waals surface area contributed by atoms with Crippen LogP contribution in [-0.4, -0.2) is 30.9 Å². The highest BCUT2D eigenvalue weighted by Crippen LogP contribution is 2.16. The molecule has 0 aromatic heterocycles. The lowest BCUT2D eigenvalue weighted by atomic mass is 10.1. The minimum absolute atomic E-state index is 0.0299. The third-order valence-electron chi connectivity index (χ3n) is 4.21. The zero-order chi connectivity index (χ0) is 19.2. The van der Waals surface area contributed by atoms with Crippen LogP contribution < -0.4 is 20.7 Å². The standard InChI is InChI=1S/C20H22N4O3/c1-3-13-4-6-15(7-5-13)22-20-23-17(19(26)24-20)12-18(25)21-14-8-10-16(27-2)11-9-14/h4-11,17H,3,12H2,1-2H3,(H,21,25)(H2,22,23,24,26). The summed E-state index contributed by atoms with van der Waals surface area (Å²) < 4.78 is 5.08. The van der Waals surface area contributed by atoms with Gasteiger partial charge >= 0.3 is 0 Å². The van der Waals surface area contributed by atoms with E-state index in [2.05, 4.69) is 27.9 Å². The van der Waals surface area contributed by atoms with Crippen LogP contribution in [0.15, 0.2) is 53.5 Å². The number of aryl methyl sites for hydroxylation is 1. The highest BCUT2D eigenvalue weighted by Gasteiger charge is 2.28. The minimum atomic E-state index is -0.749. The van der Waals surface area contributed by atoms with Crippen LogP contribution >= 0.6 is 0 Å².